The van der Waals surface area contributed by atoms with E-state index in [2.05, 4.69) is 12.2 Å². The number of allylic oxidation sites excluding steroid dienone is 1. The van der Waals surface area contributed by atoms with E-state index in [1.807, 2.05) is 6.92 Å². The predicted molar refractivity (Wildman–Crippen MR) is 65.9 cm³/mol. The molecule has 0 amide bonds. The molecule has 2 aliphatic rings. The van der Waals surface area contributed by atoms with Crippen molar-refractivity contribution in [3.63, 3.8) is 0 Å². The van der Waals surface area contributed by atoms with Crippen LogP contribution in [0, 0.1) is 11.3 Å². The third-order valence-corrected chi connectivity index (χ3v) is 4.10. The van der Waals surface area contributed by atoms with E-state index in [1.54, 1.807) is 0 Å². The van der Waals surface area contributed by atoms with Crippen LogP contribution in [-0.4, -0.2) is 23.1 Å². The molecule has 3 unspecified atom stereocenters. The summed E-state index contributed by atoms with van der Waals surface area (Å²) in [4.78, 5) is 22.2. The Kier molecular flexibility index (Phi) is 3.28. The van der Waals surface area contributed by atoms with Crippen molar-refractivity contribution in [3.8, 4) is 0 Å². The van der Waals surface area contributed by atoms with E-state index in [9.17, 15) is 9.59 Å². The quantitative estimate of drug-likeness (QED) is 0.472. The molecule has 2 aliphatic carbocycles. The number of fused-ring (bicyclic) bond motifs is 2. The van der Waals surface area contributed by atoms with Crippen LogP contribution >= 0.6 is 0 Å². The summed E-state index contributed by atoms with van der Waals surface area (Å²) >= 11 is 0. The molecule has 2 rings (SSSR count). The Morgan fingerprint density at radius 3 is 2.72 bits per heavy atom. The Bertz CT molecular complexity index is 435. The molecule has 0 aromatic rings. The fraction of sp³-hybridized carbons (Fsp3) is 0.571. The Balaban J connectivity index is 1.98. The molecule has 1 fully saturated rings. The van der Waals surface area contributed by atoms with Crippen LogP contribution in [0.15, 0.2) is 23.8 Å². The molecule has 0 aromatic carbocycles. The van der Waals surface area contributed by atoms with Crippen molar-refractivity contribution in [1.82, 2.24) is 0 Å². The Morgan fingerprint density at radius 1 is 1.56 bits per heavy atom. The molecular formula is C14H18O4. The highest BCUT2D eigenvalue weighted by molar-refractivity contribution is 5.94. The number of rotatable bonds is 4. The van der Waals surface area contributed by atoms with Crippen molar-refractivity contribution in [2.75, 3.05) is 0 Å². The second kappa shape index (κ2) is 4.59. The van der Waals surface area contributed by atoms with Crippen LogP contribution in [-0.2, 0) is 14.3 Å². The van der Waals surface area contributed by atoms with E-state index < -0.39 is 11.9 Å². The first-order valence-corrected chi connectivity index (χ1v) is 6.24. The van der Waals surface area contributed by atoms with Crippen LogP contribution in [0.1, 0.15) is 33.1 Å². The lowest BCUT2D eigenvalue weighted by molar-refractivity contribution is -0.147. The molecular weight excluding hydrogens is 232 g/mol. The van der Waals surface area contributed by atoms with E-state index >= 15 is 0 Å². The zero-order chi connectivity index (χ0) is 13.3. The molecule has 0 spiro atoms. The van der Waals surface area contributed by atoms with Crippen LogP contribution in [0.5, 0.6) is 0 Å². The van der Waals surface area contributed by atoms with Gasteiger partial charge in [0.25, 0.3) is 0 Å². The van der Waals surface area contributed by atoms with Crippen molar-refractivity contribution in [1.29, 1.82) is 0 Å². The van der Waals surface area contributed by atoms with Gasteiger partial charge < -0.3 is 9.84 Å². The number of carboxylic acids is 1. The number of hydrogen-bond acceptors (Lipinski definition) is 3. The molecule has 0 aliphatic heterocycles. The molecule has 3 atom stereocenters. The number of aliphatic carboxylic acids is 1. The zero-order valence-electron chi connectivity index (χ0n) is 10.7. The third-order valence-electron chi connectivity index (χ3n) is 4.10. The third kappa shape index (κ3) is 2.33. The molecule has 1 N–H and O–H groups in total. The van der Waals surface area contributed by atoms with E-state index in [1.165, 1.54) is 6.92 Å². The molecule has 2 bridgehead atoms. The number of hydrogen-bond donors (Lipinski definition) is 1. The van der Waals surface area contributed by atoms with Crippen molar-refractivity contribution in [2.24, 2.45) is 11.3 Å². The van der Waals surface area contributed by atoms with Gasteiger partial charge in [-0.1, -0.05) is 12.2 Å². The van der Waals surface area contributed by atoms with Crippen molar-refractivity contribution in [3.05, 3.63) is 23.8 Å². The zero-order valence-corrected chi connectivity index (χ0v) is 10.7. The van der Waals surface area contributed by atoms with Gasteiger partial charge in [0.05, 0.1) is 0 Å². The van der Waals surface area contributed by atoms with E-state index in [0.717, 1.165) is 25.3 Å². The molecule has 0 saturated heterocycles. The van der Waals surface area contributed by atoms with E-state index in [0.29, 0.717) is 5.92 Å². The van der Waals surface area contributed by atoms with Crippen molar-refractivity contribution in [2.45, 2.75) is 39.2 Å². The highest BCUT2D eigenvalue weighted by atomic mass is 16.5. The van der Waals surface area contributed by atoms with Crippen molar-refractivity contribution >= 4 is 11.9 Å². The summed E-state index contributed by atoms with van der Waals surface area (Å²) in [5, 5.41) is 8.69. The van der Waals surface area contributed by atoms with Gasteiger partial charge in [0.2, 0.25) is 0 Å². The average Bonchev–Trinajstić information content (AvgIpc) is 2.89. The van der Waals surface area contributed by atoms with Crippen molar-refractivity contribution < 1.29 is 19.4 Å². The van der Waals surface area contributed by atoms with Crippen LogP contribution in [0.3, 0.4) is 0 Å². The minimum absolute atomic E-state index is 0.00374. The first-order valence-electron chi connectivity index (χ1n) is 6.24. The second-order valence-electron chi connectivity index (χ2n) is 5.31. The van der Waals surface area contributed by atoms with Crippen LogP contribution < -0.4 is 0 Å². The molecule has 4 nitrogen and oxygen atoms in total. The lowest BCUT2D eigenvalue weighted by Gasteiger charge is -2.30. The molecule has 98 valence electrons. The van der Waals surface area contributed by atoms with Gasteiger partial charge in [-0.2, -0.15) is 0 Å². The van der Waals surface area contributed by atoms with Gasteiger partial charge in [0.1, 0.15) is 6.10 Å². The van der Waals surface area contributed by atoms with Gasteiger partial charge in [0.15, 0.2) is 0 Å². The second-order valence-corrected chi connectivity index (χ2v) is 5.31. The number of esters is 1. The Morgan fingerprint density at radius 2 is 2.28 bits per heavy atom. The van der Waals surface area contributed by atoms with E-state index in [-0.39, 0.29) is 17.1 Å². The topological polar surface area (TPSA) is 63.6 Å². The summed E-state index contributed by atoms with van der Waals surface area (Å²) in [5.41, 5.74) is -0.0263. The fourth-order valence-electron chi connectivity index (χ4n) is 2.86. The summed E-state index contributed by atoms with van der Waals surface area (Å²) in [7, 11) is 0. The monoisotopic (exact) mass is 250 g/mol. The Labute approximate surface area is 106 Å². The lowest BCUT2D eigenvalue weighted by Crippen LogP contribution is -2.31. The van der Waals surface area contributed by atoms with Crippen LogP contribution in [0.2, 0.25) is 0 Å². The number of carbonyl (C=O) groups excluding carboxylic acids is 1. The SMILES string of the molecule is CC(=CC(=O)OC(C)C12C=CC(CC1)C2)C(=O)O. The van der Waals surface area contributed by atoms with Crippen LogP contribution in [0.4, 0.5) is 0 Å². The van der Waals surface area contributed by atoms with Gasteiger partial charge >= 0.3 is 11.9 Å². The van der Waals surface area contributed by atoms with Crippen LogP contribution in [0.25, 0.3) is 0 Å². The summed E-state index contributed by atoms with van der Waals surface area (Å²) in [5.74, 6) is -1.04. The molecule has 18 heavy (non-hydrogen) atoms. The number of ether oxygens (including phenoxy) is 1. The minimum atomic E-state index is -1.10. The highest BCUT2D eigenvalue weighted by Gasteiger charge is 2.46. The minimum Gasteiger partial charge on any atom is -0.478 e. The highest BCUT2D eigenvalue weighted by Crippen LogP contribution is 2.51. The summed E-state index contributed by atoms with van der Waals surface area (Å²) in [6.45, 7) is 3.27. The first kappa shape index (κ1) is 12.9. The summed E-state index contributed by atoms with van der Waals surface area (Å²) < 4.78 is 5.35. The van der Waals surface area contributed by atoms with Gasteiger partial charge in [-0.15, -0.1) is 0 Å². The maximum atomic E-state index is 11.6. The van der Waals surface area contributed by atoms with Gasteiger partial charge in [-0.25, -0.2) is 9.59 Å². The Hall–Kier alpha value is -1.58. The molecule has 1 saturated carbocycles. The standard InChI is InChI=1S/C14H18O4/c1-9(13(16)17)7-12(15)18-10(2)14-5-3-11(8-14)4-6-14/h3,5,7,10-11H,4,6,8H2,1-2H3,(H,16,17). The lowest BCUT2D eigenvalue weighted by atomic mass is 9.82. The molecule has 0 radical (unpaired) electrons. The van der Waals surface area contributed by atoms with Gasteiger partial charge in [-0.05, 0) is 39.0 Å². The predicted octanol–water partition coefficient (Wildman–Crippen LogP) is 2.31. The normalized spacial score (nSPS) is 31.4. The first-order chi connectivity index (χ1) is 8.43. The average molecular weight is 250 g/mol. The van der Waals surface area contributed by atoms with Gasteiger partial charge in [0, 0.05) is 17.1 Å². The largest absolute Gasteiger partial charge is 0.478 e. The number of carboxylic acid groups (broad SMARTS) is 1. The summed E-state index contributed by atoms with van der Waals surface area (Å²) in [6, 6.07) is 0. The molecule has 4 heteroatoms. The maximum Gasteiger partial charge on any atom is 0.331 e. The number of carbonyl (C=O) groups is 2. The van der Waals surface area contributed by atoms with Gasteiger partial charge in [-0.3, -0.25) is 0 Å². The maximum absolute atomic E-state index is 11.6. The molecule has 0 heterocycles. The molecule has 0 aromatic heterocycles. The smallest absolute Gasteiger partial charge is 0.331 e. The fourth-order valence-corrected chi connectivity index (χ4v) is 2.86. The summed E-state index contributed by atoms with van der Waals surface area (Å²) in [6.07, 6.45) is 8.45. The van der Waals surface area contributed by atoms with E-state index in [4.69, 9.17) is 9.84 Å².